The van der Waals surface area contributed by atoms with Crippen LogP contribution in [0.5, 0.6) is 0 Å². The summed E-state index contributed by atoms with van der Waals surface area (Å²) in [7, 11) is 0. The summed E-state index contributed by atoms with van der Waals surface area (Å²) in [6.07, 6.45) is 1.85. The van der Waals surface area contributed by atoms with E-state index in [0.717, 1.165) is 12.2 Å². The lowest BCUT2D eigenvalue weighted by molar-refractivity contribution is -0.135. The average Bonchev–Trinajstić information content (AvgIpc) is 2.26. The minimum absolute atomic E-state index is 0.00632. The zero-order chi connectivity index (χ0) is 12.1. The minimum atomic E-state index is -1.14. The second-order valence-corrected chi connectivity index (χ2v) is 3.50. The van der Waals surface area contributed by atoms with Crippen molar-refractivity contribution in [3.63, 3.8) is 0 Å². The molecule has 0 aromatic rings. The number of piperazine rings is 1. The van der Waals surface area contributed by atoms with Crippen LogP contribution in [0.25, 0.3) is 0 Å². The molecule has 16 heavy (non-hydrogen) atoms. The Morgan fingerprint density at radius 1 is 1.00 bits per heavy atom. The highest BCUT2D eigenvalue weighted by Crippen LogP contribution is 2.02. The topological polar surface area (TPSA) is 77.9 Å². The molecule has 2 amide bonds. The molecule has 1 N–H and O–H groups in total. The van der Waals surface area contributed by atoms with Gasteiger partial charge < -0.3 is 14.9 Å². The van der Waals surface area contributed by atoms with Crippen LogP contribution in [0.3, 0.4) is 0 Å². The second kappa shape index (κ2) is 5.29. The normalized spacial score (nSPS) is 16.6. The summed E-state index contributed by atoms with van der Waals surface area (Å²) in [5.41, 5.74) is 0. The number of hydrogen-bond acceptors (Lipinski definition) is 3. The number of carbonyl (C=O) groups excluding carboxylic acids is 2. The Hall–Kier alpha value is -1.85. The van der Waals surface area contributed by atoms with Gasteiger partial charge in [-0.3, -0.25) is 9.59 Å². The van der Waals surface area contributed by atoms with Crippen LogP contribution in [0.4, 0.5) is 0 Å². The molecule has 1 aliphatic heterocycles. The molecule has 88 valence electrons. The summed E-state index contributed by atoms with van der Waals surface area (Å²) in [5.74, 6) is -1.48. The highest BCUT2D eigenvalue weighted by Gasteiger charge is 2.20. The van der Waals surface area contributed by atoms with Gasteiger partial charge in [-0.15, -0.1) is 0 Å². The number of carboxylic acid groups (broad SMARTS) is 1. The number of carboxylic acids is 1. The van der Waals surface area contributed by atoms with Crippen LogP contribution >= 0.6 is 0 Å². The largest absolute Gasteiger partial charge is 0.478 e. The summed E-state index contributed by atoms with van der Waals surface area (Å²) in [6.45, 7) is 3.39. The van der Waals surface area contributed by atoms with Gasteiger partial charge >= 0.3 is 5.97 Å². The van der Waals surface area contributed by atoms with E-state index in [0.29, 0.717) is 26.2 Å². The van der Waals surface area contributed by atoms with Crippen molar-refractivity contribution in [1.82, 2.24) is 9.80 Å². The van der Waals surface area contributed by atoms with Crippen molar-refractivity contribution in [2.24, 2.45) is 0 Å². The van der Waals surface area contributed by atoms with Gasteiger partial charge in [-0.2, -0.15) is 0 Å². The van der Waals surface area contributed by atoms with E-state index in [4.69, 9.17) is 5.11 Å². The van der Waals surface area contributed by atoms with E-state index in [-0.39, 0.29) is 11.8 Å². The molecule has 1 aliphatic rings. The minimum Gasteiger partial charge on any atom is -0.478 e. The predicted molar refractivity (Wildman–Crippen MR) is 55.6 cm³/mol. The van der Waals surface area contributed by atoms with E-state index in [2.05, 4.69) is 0 Å². The fraction of sp³-hybridized carbons (Fsp3) is 0.500. The molecule has 0 radical (unpaired) electrons. The van der Waals surface area contributed by atoms with Crippen molar-refractivity contribution in [2.45, 2.75) is 6.92 Å². The highest BCUT2D eigenvalue weighted by molar-refractivity contribution is 5.94. The van der Waals surface area contributed by atoms with Gasteiger partial charge in [0.1, 0.15) is 0 Å². The molecular weight excluding hydrogens is 212 g/mol. The molecule has 0 aromatic heterocycles. The van der Waals surface area contributed by atoms with Crippen LogP contribution in [-0.4, -0.2) is 58.9 Å². The summed E-state index contributed by atoms with van der Waals surface area (Å²) in [5, 5.41) is 8.37. The van der Waals surface area contributed by atoms with Crippen LogP contribution in [0.1, 0.15) is 6.92 Å². The molecule has 0 atom stereocenters. The summed E-state index contributed by atoms with van der Waals surface area (Å²) in [6, 6.07) is 0. The van der Waals surface area contributed by atoms with E-state index in [1.807, 2.05) is 0 Å². The van der Waals surface area contributed by atoms with Crippen molar-refractivity contribution in [1.29, 1.82) is 0 Å². The van der Waals surface area contributed by atoms with Crippen LogP contribution in [0.15, 0.2) is 12.2 Å². The van der Waals surface area contributed by atoms with Crippen molar-refractivity contribution < 1.29 is 19.5 Å². The third-order valence-corrected chi connectivity index (χ3v) is 2.41. The van der Waals surface area contributed by atoms with Gasteiger partial charge in [0.15, 0.2) is 0 Å². The van der Waals surface area contributed by atoms with Crippen molar-refractivity contribution in [3.05, 3.63) is 12.2 Å². The van der Waals surface area contributed by atoms with Crippen LogP contribution in [0, 0.1) is 0 Å². The Labute approximate surface area is 93.1 Å². The first-order valence-electron chi connectivity index (χ1n) is 4.96. The first-order valence-corrected chi connectivity index (χ1v) is 4.96. The molecular formula is C10H14N2O4. The predicted octanol–water partition coefficient (Wildman–Crippen LogP) is -0.682. The SMILES string of the molecule is CC(=O)N1CCN(C(=O)/C=C/C(=O)O)CC1. The molecule has 0 aromatic carbocycles. The van der Waals surface area contributed by atoms with Crippen molar-refractivity contribution in [3.8, 4) is 0 Å². The Bertz CT molecular complexity index is 330. The Morgan fingerprint density at radius 3 is 1.94 bits per heavy atom. The number of aliphatic carboxylic acids is 1. The van der Waals surface area contributed by atoms with E-state index in [9.17, 15) is 14.4 Å². The summed E-state index contributed by atoms with van der Waals surface area (Å²) >= 11 is 0. The molecule has 6 heteroatoms. The highest BCUT2D eigenvalue weighted by atomic mass is 16.4. The lowest BCUT2D eigenvalue weighted by Crippen LogP contribution is -2.49. The fourth-order valence-electron chi connectivity index (χ4n) is 1.49. The number of carbonyl (C=O) groups is 3. The average molecular weight is 226 g/mol. The molecule has 0 spiro atoms. The maximum atomic E-state index is 11.5. The molecule has 1 heterocycles. The van der Waals surface area contributed by atoms with Crippen molar-refractivity contribution >= 4 is 17.8 Å². The monoisotopic (exact) mass is 226 g/mol. The zero-order valence-electron chi connectivity index (χ0n) is 9.05. The first-order chi connectivity index (χ1) is 7.50. The number of hydrogen-bond donors (Lipinski definition) is 1. The lowest BCUT2D eigenvalue weighted by Gasteiger charge is -2.33. The number of rotatable bonds is 2. The summed E-state index contributed by atoms with van der Waals surface area (Å²) < 4.78 is 0. The van der Waals surface area contributed by atoms with E-state index in [1.165, 1.54) is 11.8 Å². The molecule has 1 fully saturated rings. The number of amides is 2. The number of nitrogens with zero attached hydrogens (tertiary/aromatic N) is 2. The van der Waals surface area contributed by atoms with Gasteiger partial charge in [0, 0.05) is 45.3 Å². The quantitative estimate of drug-likeness (QED) is 0.633. The first kappa shape index (κ1) is 12.2. The van der Waals surface area contributed by atoms with Crippen LogP contribution in [0.2, 0.25) is 0 Å². The van der Waals surface area contributed by atoms with Gasteiger partial charge in [0.25, 0.3) is 0 Å². The smallest absolute Gasteiger partial charge is 0.328 e. The van der Waals surface area contributed by atoms with Crippen LogP contribution in [-0.2, 0) is 14.4 Å². The molecule has 6 nitrogen and oxygen atoms in total. The van der Waals surface area contributed by atoms with E-state index < -0.39 is 5.97 Å². The van der Waals surface area contributed by atoms with Gasteiger partial charge in [0.2, 0.25) is 11.8 Å². The van der Waals surface area contributed by atoms with Gasteiger partial charge in [-0.25, -0.2) is 4.79 Å². The maximum absolute atomic E-state index is 11.5. The third-order valence-electron chi connectivity index (χ3n) is 2.41. The van der Waals surface area contributed by atoms with Gasteiger partial charge in [-0.05, 0) is 0 Å². The lowest BCUT2D eigenvalue weighted by atomic mass is 10.3. The standard InChI is InChI=1S/C10H14N2O4/c1-8(13)11-4-6-12(7-5-11)9(14)2-3-10(15)16/h2-3H,4-7H2,1H3,(H,15,16)/b3-2+. The molecule has 0 unspecified atom stereocenters. The van der Waals surface area contributed by atoms with E-state index in [1.54, 1.807) is 4.90 Å². The fourth-order valence-corrected chi connectivity index (χ4v) is 1.49. The van der Waals surface area contributed by atoms with Crippen LogP contribution < -0.4 is 0 Å². The maximum Gasteiger partial charge on any atom is 0.328 e. The molecule has 1 saturated heterocycles. The Balaban J connectivity index is 2.44. The van der Waals surface area contributed by atoms with E-state index >= 15 is 0 Å². The zero-order valence-corrected chi connectivity index (χ0v) is 9.05. The van der Waals surface area contributed by atoms with Gasteiger partial charge in [-0.1, -0.05) is 0 Å². The molecule has 0 bridgehead atoms. The second-order valence-electron chi connectivity index (χ2n) is 3.50. The molecule has 1 rings (SSSR count). The summed E-state index contributed by atoms with van der Waals surface area (Å²) in [4.78, 5) is 35.9. The molecule has 0 saturated carbocycles. The molecule has 0 aliphatic carbocycles. The third kappa shape index (κ3) is 3.38. The Morgan fingerprint density at radius 2 is 1.50 bits per heavy atom. The van der Waals surface area contributed by atoms with Gasteiger partial charge in [0.05, 0.1) is 0 Å². The van der Waals surface area contributed by atoms with Crippen molar-refractivity contribution in [2.75, 3.05) is 26.2 Å². The Kier molecular flexibility index (Phi) is 4.04.